The van der Waals surface area contributed by atoms with E-state index in [1.54, 1.807) is 60.8 Å². The van der Waals surface area contributed by atoms with E-state index in [9.17, 15) is 18.3 Å². The maximum absolute atomic E-state index is 13.7. The first-order valence-corrected chi connectivity index (χ1v) is 15.1. The maximum Gasteiger partial charge on any atom is 0.265 e. The number of sulfonamides is 1. The predicted octanol–water partition coefficient (Wildman–Crippen LogP) is 6.14. The van der Waals surface area contributed by atoms with Gasteiger partial charge in [0.25, 0.3) is 15.6 Å². The van der Waals surface area contributed by atoms with Crippen LogP contribution >= 0.6 is 0 Å². The Morgan fingerprint density at radius 3 is 2.48 bits per heavy atom. The van der Waals surface area contributed by atoms with Crippen molar-refractivity contribution in [1.29, 1.82) is 0 Å². The van der Waals surface area contributed by atoms with Crippen molar-refractivity contribution in [3.63, 3.8) is 0 Å². The molecule has 212 valence electrons. The van der Waals surface area contributed by atoms with Crippen molar-refractivity contribution in [2.75, 3.05) is 11.8 Å². The Balaban J connectivity index is 1.46. The lowest BCUT2D eigenvalue weighted by atomic mass is 9.90. The topological polar surface area (TPSA) is 110 Å². The molecule has 0 saturated carbocycles. The highest BCUT2D eigenvalue weighted by atomic mass is 32.2. The standard InChI is InChI=1S/C33H29N3O5S/c1-41-31-19-7-6-17-30(31)35-42(39,40)24-13-9-12-23(20-24)36-32(37)27-16-5-4-15-26(27)28(33(36)38)21-34-29-18-8-11-22-10-2-3-14-25(22)29/h4-9,11-13,15-21,35,38H,2-3,10,14H2,1H3. The number of rotatable bonds is 7. The lowest BCUT2D eigenvalue weighted by Crippen LogP contribution is -2.21. The minimum atomic E-state index is -4.06. The van der Waals surface area contributed by atoms with E-state index in [1.807, 2.05) is 12.1 Å². The minimum absolute atomic E-state index is 0.0866. The first-order valence-electron chi connectivity index (χ1n) is 13.7. The van der Waals surface area contributed by atoms with E-state index in [0.29, 0.717) is 22.1 Å². The number of aryl methyl sites for hydroxylation is 1. The van der Waals surface area contributed by atoms with Gasteiger partial charge in [0.2, 0.25) is 5.88 Å². The molecule has 0 aliphatic heterocycles. The lowest BCUT2D eigenvalue weighted by Gasteiger charge is -2.17. The molecule has 0 unspecified atom stereocenters. The smallest absolute Gasteiger partial charge is 0.265 e. The molecule has 9 heteroatoms. The monoisotopic (exact) mass is 579 g/mol. The zero-order valence-corrected chi connectivity index (χ0v) is 23.8. The number of methoxy groups -OCH3 is 1. The van der Waals surface area contributed by atoms with Crippen molar-refractivity contribution in [2.24, 2.45) is 4.99 Å². The van der Waals surface area contributed by atoms with E-state index < -0.39 is 15.6 Å². The van der Waals surface area contributed by atoms with Crippen molar-refractivity contribution >= 4 is 38.4 Å². The third kappa shape index (κ3) is 5.03. The fraction of sp³-hybridized carbons (Fsp3) is 0.152. The molecule has 4 aromatic carbocycles. The molecular weight excluding hydrogens is 550 g/mol. The van der Waals surface area contributed by atoms with Crippen LogP contribution in [0.15, 0.2) is 106 Å². The maximum atomic E-state index is 13.7. The molecule has 1 heterocycles. The Morgan fingerprint density at radius 1 is 0.905 bits per heavy atom. The van der Waals surface area contributed by atoms with E-state index in [2.05, 4.69) is 10.8 Å². The SMILES string of the molecule is COc1ccccc1NS(=O)(=O)c1cccc(-n2c(O)c(C=Nc3cccc4c3CCCC4)c3ccccc3c2=O)c1. The number of hydrogen-bond donors (Lipinski definition) is 2. The number of benzene rings is 4. The molecule has 1 aromatic heterocycles. The molecule has 0 radical (unpaired) electrons. The van der Waals surface area contributed by atoms with Gasteiger partial charge in [-0.2, -0.15) is 0 Å². The Hall–Kier alpha value is -4.89. The summed E-state index contributed by atoms with van der Waals surface area (Å²) in [5, 5.41) is 12.4. The second kappa shape index (κ2) is 11.2. The summed E-state index contributed by atoms with van der Waals surface area (Å²) in [5.74, 6) is 0.0312. The fourth-order valence-electron chi connectivity index (χ4n) is 5.47. The molecule has 0 saturated heterocycles. The van der Waals surface area contributed by atoms with Gasteiger partial charge in [-0.1, -0.05) is 48.5 Å². The van der Waals surface area contributed by atoms with Gasteiger partial charge in [0.15, 0.2) is 0 Å². The van der Waals surface area contributed by atoms with Crippen LogP contribution in [0.1, 0.15) is 29.5 Å². The van der Waals surface area contributed by atoms with E-state index in [0.717, 1.165) is 35.9 Å². The van der Waals surface area contributed by atoms with Gasteiger partial charge in [-0.3, -0.25) is 14.5 Å². The Bertz CT molecular complexity index is 2020. The highest BCUT2D eigenvalue weighted by molar-refractivity contribution is 7.92. The number of fused-ring (bicyclic) bond motifs is 2. The van der Waals surface area contributed by atoms with Gasteiger partial charge >= 0.3 is 0 Å². The second-order valence-corrected chi connectivity index (χ2v) is 11.8. The number of aromatic nitrogens is 1. The van der Waals surface area contributed by atoms with Crippen molar-refractivity contribution in [2.45, 2.75) is 30.6 Å². The van der Waals surface area contributed by atoms with Crippen molar-refractivity contribution in [3.8, 4) is 17.3 Å². The molecule has 0 fully saturated rings. The summed E-state index contributed by atoms with van der Waals surface area (Å²) in [7, 11) is -2.61. The molecule has 8 nitrogen and oxygen atoms in total. The van der Waals surface area contributed by atoms with Gasteiger partial charge < -0.3 is 9.84 Å². The van der Waals surface area contributed by atoms with Crippen LogP contribution in [0.2, 0.25) is 0 Å². The van der Waals surface area contributed by atoms with Crippen LogP contribution in [0.4, 0.5) is 11.4 Å². The van der Waals surface area contributed by atoms with Gasteiger partial charge in [-0.25, -0.2) is 13.0 Å². The largest absolute Gasteiger partial charge is 0.495 e. The summed E-state index contributed by atoms with van der Waals surface area (Å²) >= 11 is 0. The number of aromatic hydroxyl groups is 1. The van der Waals surface area contributed by atoms with Gasteiger partial charge in [0, 0.05) is 17.0 Å². The Kier molecular flexibility index (Phi) is 7.26. The summed E-state index contributed by atoms with van der Waals surface area (Å²) in [5.41, 5.74) is 3.68. The average molecular weight is 580 g/mol. The highest BCUT2D eigenvalue weighted by Gasteiger charge is 2.21. The number of anilines is 1. The lowest BCUT2D eigenvalue weighted by molar-refractivity contribution is 0.417. The second-order valence-electron chi connectivity index (χ2n) is 10.1. The van der Waals surface area contributed by atoms with E-state index in [4.69, 9.17) is 9.73 Å². The molecule has 0 spiro atoms. The predicted molar refractivity (Wildman–Crippen MR) is 165 cm³/mol. The van der Waals surface area contributed by atoms with Gasteiger partial charge in [0.05, 0.1) is 34.6 Å². The van der Waals surface area contributed by atoms with Crippen LogP contribution in [0, 0.1) is 0 Å². The molecule has 0 atom stereocenters. The zero-order chi connectivity index (χ0) is 29.3. The van der Waals surface area contributed by atoms with E-state index >= 15 is 0 Å². The minimum Gasteiger partial charge on any atom is -0.495 e. The highest BCUT2D eigenvalue weighted by Crippen LogP contribution is 2.32. The number of aliphatic imine (C=N–C) groups is 1. The summed E-state index contributed by atoms with van der Waals surface area (Å²) < 4.78 is 35.6. The van der Waals surface area contributed by atoms with Gasteiger partial charge in [0.1, 0.15) is 5.75 Å². The average Bonchev–Trinajstić information content (AvgIpc) is 3.01. The molecule has 2 N–H and O–H groups in total. The third-order valence-corrected chi connectivity index (χ3v) is 8.91. The number of hydrogen-bond acceptors (Lipinski definition) is 6. The number of nitrogens with one attached hydrogen (secondary N) is 1. The molecule has 0 amide bonds. The van der Waals surface area contributed by atoms with Crippen LogP contribution in [0.3, 0.4) is 0 Å². The van der Waals surface area contributed by atoms with Crippen LogP contribution in [0.25, 0.3) is 16.5 Å². The van der Waals surface area contributed by atoms with Gasteiger partial charge in [-0.05, 0) is 79.3 Å². The summed E-state index contributed by atoms with van der Waals surface area (Å²) in [4.78, 5) is 18.4. The van der Waals surface area contributed by atoms with Crippen molar-refractivity contribution in [3.05, 3.63) is 118 Å². The van der Waals surface area contributed by atoms with Crippen molar-refractivity contribution < 1.29 is 18.3 Å². The van der Waals surface area contributed by atoms with E-state index in [-0.39, 0.29) is 22.2 Å². The van der Waals surface area contributed by atoms with Crippen LogP contribution < -0.4 is 15.0 Å². The number of para-hydroxylation sites is 2. The first-order chi connectivity index (χ1) is 20.4. The molecule has 0 bridgehead atoms. The molecular formula is C33H29N3O5S. The molecule has 1 aliphatic rings. The van der Waals surface area contributed by atoms with Crippen LogP contribution in [-0.2, 0) is 22.9 Å². The number of pyridine rings is 1. The number of ether oxygens (including phenoxy) is 1. The number of nitrogens with zero attached hydrogens (tertiary/aromatic N) is 2. The first kappa shape index (κ1) is 27.3. The quantitative estimate of drug-likeness (QED) is 0.225. The zero-order valence-electron chi connectivity index (χ0n) is 22.9. The molecule has 6 rings (SSSR count). The molecule has 1 aliphatic carbocycles. The molecule has 5 aromatic rings. The van der Waals surface area contributed by atoms with E-state index in [1.165, 1.54) is 36.4 Å². The summed E-state index contributed by atoms with van der Waals surface area (Å²) in [6.07, 6.45) is 5.80. The van der Waals surface area contributed by atoms with Crippen LogP contribution in [0.5, 0.6) is 11.6 Å². The summed E-state index contributed by atoms with van der Waals surface area (Å²) in [6, 6.07) is 25.6. The Morgan fingerprint density at radius 2 is 1.64 bits per heavy atom. The Labute approximate surface area is 243 Å². The normalized spacial score (nSPS) is 13.3. The summed E-state index contributed by atoms with van der Waals surface area (Å²) in [6.45, 7) is 0. The van der Waals surface area contributed by atoms with Crippen LogP contribution in [-0.4, -0.2) is 31.4 Å². The van der Waals surface area contributed by atoms with Gasteiger partial charge in [-0.15, -0.1) is 0 Å². The third-order valence-electron chi connectivity index (χ3n) is 7.54. The van der Waals surface area contributed by atoms with Crippen molar-refractivity contribution in [1.82, 2.24) is 4.57 Å². The molecule has 42 heavy (non-hydrogen) atoms. The fourth-order valence-corrected chi connectivity index (χ4v) is 6.58.